The Labute approximate surface area is 129 Å². The third-order valence-corrected chi connectivity index (χ3v) is 3.51. The van der Waals surface area contributed by atoms with E-state index in [0.717, 1.165) is 4.47 Å². The number of nitrogens with zero attached hydrogens (tertiary/aromatic N) is 3. The highest BCUT2D eigenvalue weighted by Crippen LogP contribution is 2.29. The van der Waals surface area contributed by atoms with Crippen LogP contribution >= 0.6 is 27.5 Å². The summed E-state index contributed by atoms with van der Waals surface area (Å²) in [6, 6.07) is 5.23. The largest absolute Gasteiger partial charge is 0.475 e. The maximum atomic E-state index is 11.1. The molecular weight excluding hydrogens is 346 g/mol. The summed E-state index contributed by atoms with van der Waals surface area (Å²) in [5.41, 5.74) is 0.296. The SMILES string of the molecule is CC(C)(C)c1nc(C(=O)O)nn1-c1cc(Cl)ccc1Br. The Kier molecular flexibility index (Phi) is 3.88. The first-order valence-electron chi connectivity index (χ1n) is 5.86. The van der Waals surface area contributed by atoms with Crippen LogP contribution in [0.1, 0.15) is 37.2 Å². The smallest absolute Gasteiger partial charge is 0.375 e. The van der Waals surface area contributed by atoms with E-state index >= 15 is 0 Å². The topological polar surface area (TPSA) is 68.0 Å². The van der Waals surface area contributed by atoms with Gasteiger partial charge in [0.2, 0.25) is 0 Å². The van der Waals surface area contributed by atoms with Gasteiger partial charge in [-0.1, -0.05) is 32.4 Å². The Hall–Kier alpha value is -1.40. The Morgan fingerprint density at radius 1 is 1.40 bits per heavy atom. The van der Waals surface area contributed by atoms with Gasteiger partial charge < -0.3 is 5.11 Å². The fraction of sp³-hybridized carbons (Fsp3) is 0.308. The fourth-order valence-corrected chi connectivity index (χ4v) is 2.29. The summed E-state index contributed by atoms with van der Waals surface area (Å²) >= 11 is 9.42. The summed E-state index contributed by atoms with van der Waals surface area (Å²) in [7, 11) is 0. The molecule has 0 amide bonds. The second-order valence-electron chi connectivity index (χ2n) is 5.32. The van der Waals surface area contributed by atoms with Gasteiger partial charge in [-0.2, -0.15) is 0 Å². The number of aromatic carboxylic acids is 1. The molecule has 1 N–H and O–H groups in total. The molecule has 0 aliphatic rings. The monoisotopic (exact) mass is 357 g/mol. The fourth-order valence-electron chi connectivity index (χ4n) is 1.70. The van der Waals surface area contributed by atoms with Crippen molar-refractivity contribution in [1.29, 1.82) is 0 Å². The maximum absolute atomic E-state index is 11.1. The van der Waals surface area contributed by atoms with E-state index in [1.165, 1.54) is 4.68 Å². The quantitative estimate of drug-likeness (QED) is 0.889. The van der Waals surface area contributed by atoms with Crippen LogP contribution in [0.2, 0.25) is 5.02 Å². The van der Waals surface area contributed by atoms with Crippen molar-refractivity contribution < 1.29 is 9.90 Å². The van der Waals surface area contributed by atoms with Crippen molar-refractivity contribution in [2.24, 2.45) is 0 Å². The van der Waals surface area contributed by atoms with Gasteiger partial charge in [0.05, 0.1) is 5.69 Å². The molecule has 0 saturated heterocycles. The first kappa shape index (κ1) is 15.0. The molecule has 0 spiro atoms. The molecule has 20 heavy (non-hydrogen) atoms. The van der Waals surface area contributed by atoms with Crippen molar-refractivity contribution in [1.82, 2.24) is 14.8 Å². The molecule has 0 saturated carbocycles. The Balaban J connectivity index is 2.72. The number of benzene rings is 1. The van der Waals surface area contributed by atoms with Gasteiger partial charge in [0, 0.05) is 14.9 Å². The summed E-state index contributed by atoms with van der Waals surface area (Å²) < 4.78 is 2.27. The van der Waals surface area contributed by atoms with Gasteiger partial charge in [0.25, 0.3) is 5.82 Å². The lowest BCUT2D eigenvalue weighted by atomic mass is 9.95. The standard InChI is InChI=1S/C13H13BrClN3O2/c1-13(2,3)12-16-10(11(19)20)17-18(12)9-6-7(15)4-5-8(9)14/h4-6H,1-3H3,(H,19,20). The van der Waals surface area contributed by atoms with Crippen LogP contribution in [-0.2, 0) is 5.41 Å². The number of carboxylic acid groups (broad SMARTS) is 1. The van der Waals surface area contributed by atoms with Crippen molar-refractivity contribution >= 4 is 33.5 Å². The third kappa shape index (κ3) is 2.86. The number of aromatic nitrogens is 3. The lowest BCUT2D eigenvalue weighted by Gasteiger charge is -2.18. The predicted molar refractivity (Wildman–Crippen MR) is 79.7 cm³/mol. The van der Waals surface area contributed by atoms with Gasteiger partial charge in [0.15, 0.2) is 0 Å². The van der Waals surface area contributed by atoms with Crippen molar-refractivity contribution in [3.63, 3.8) is 0 Å². The number of hydrogen-bond acceptors (Lipinski definition) is 3. The van der Waals surface area contributed by atoms with Crippen molar-refractivity contribution in [3.05, 3.63) is 39.3 Å². The van der Waals surface area contributed by atoms with Crippen LogP contribution in [0.5, 0.6) is 0 Å². The summed E-state index contributed by atoms with van der Waals surface area (Å²) in [4.78, 5) is 15.2. The van der Waals surface area contributed by atoms with E-state index in [2.05, 4.69) is 26.0 Å². The van der Waals surface area contributed by atoms with E-state index in [9.17, 15) is 4.79 Å². The maximum Gasteiger partial charge on any atom is 0.375 e. The predicted octanol–water partition coefficient (Wildman–Crippen LogP) is 3.68. The molecular formula is C13H13BrClN3O2. The third-order valence-electron chi connectivity index (χ3n) is 2.61. The lowest BCUT2D eigenvalue weighted by Crippen LogP contribution is -2.19. The van der Waals surface area contributed by atoms with Crippen LogP contribution in [0, 0.1) is 0 Å². The number of rotatable bonds is 2. The number of hydrogen-bond donors (Lipinski definition) is 1. The van der Waals surface area contributed by atoms with Crippen LogP contribution in [-0.4, -0.2) is 25.8 Å². The molecule has 2 aromatic rings. The first-order chi connectivity index (χ1) is 9.20. The number of halogens is 2. The second-order valence-corrected chi connectivity index (χ2v) is 6.61. The molecule has 0 fully saturated rings. The molecule has 0 atom stereocenters. The normalized spacial score (nSPS) is 11.7. The Morgan fingerprint density at radius 2 is 2.05 bits per heavy atom. The van der Waals surface area contributed by atoms with E-state index in [1.807, 2.05) is 20.8 Å². The van der Waals surface area contributed by atoms with Gasteiger partial charge in [-0.15, -0.1) is 5.10 Å². The molecule has 1 aromatic heterocycles. The molecule has 1 aromatic carbocycles. The van der Waals surface area contributed by atoms with E-state index in [4.69, 9.17) is 16.7 Å². The van der Waals surface area contributed by atoms with Crippen molar-refractivity contribution in [2.75, 3.05) is 0 Å². The minimum Gasteiger partial charge on any atom is -0.475 e. The van der Waals surface area contributed by atoms with Gasteiger partial charge in [-0.3, -0.25) is 0 Å². The molecule has 5 nitrogen and oxygen atoms in total. The molecule has 106 valence electrons. The Bertz CT molecular complexity index is 677. The van der Waals surface area contributed by atoms with Crippen molar-refractivity contribution in [3.8, 4) is 5.69 Å². The molecule has 0 bridgehead atoms. The highest BCUT2D eigenvalue weighted by Gasteiger charge is 2.26. The van der Waals surface area contributed by atoms with Crippen molar-refractivity contribution in [2.45, 2.75) is 26.2 Å². The van der Waals surface area contributed by atoms with Crippen LogP contribution in [0.3, 0.4) is 0 Å². The van der Waals surface area contributed by atoms with Gasteiger partial charge in [0.1, 0.15) is 5.82 Å². The van der Waals surface area contributed by atoms with Crippen LogP contribution < -0.4 is 0 Å². The highest BCUT2D eigenvalue weighted by molar-refractivity contribution is 9.10. The average molecular weight is 359 g/mol. The zero-order valence-electron chi connectivity index (χ0n) is 11.2. The van der Waals surface area contributed by atoms with Crippen LogP contribution in [0.15, 0.2) is 22.7 Å². The van der Waals surface area contributed by atoms with Gasteiger partial charge in [-0.25, -0.2) is 14.5 Å². The highest BCUT2D eigenvalue weighted by atomic mass is 79.9. The molecule has 0 unspecified atom stereocenters. The van der Waals surface area contributed by atoms with E-state index < -0.39 is 5.97 Å². The summed E-state index contributed by atoms with van der Waals surface area (Å²) in [5.74, 6) is -0.841. The number of carbonyl (C=O) groups is 1. The molecule has 0 aliphatic carbocycles. The molecule has 7 heteroatoms. The zero-order chi connectivity index (χ0) is 15.1. The van der Waals surface area contributed by atoms with Crippen LogP contribution in [0.4, 0.5) is 0 Å². The molecule has 2 rings (SSSR count). The zero-order valence-corrected chi connectivity index (χ0v) is 13.5. The van der Waals surface area contributed by atoms with E-state index in [1.54, 1.807) is 18.2 Å². The summed E-state index contributed by atoms with van der Waals surface area (Å²) in [6.07, 6.45) is 0. The summed E-state index contributed by atoms with van der Waals surface area (Å²) in [5, 5.41) is 13.7. The molecule has 1 heterocycles. The van der Waals surface area contributed by atoms with E-state index in [-0.39, 0.29) is 11.2 Å². The first-order valence-corrected chi connectivity index (χ1v) is 7.03. The minimum absolute atomic E-state index is 0.234. The lowest BCUT2D eigenvalue weighted by molar-refractivity contribution is 0.0683. The molecule has 0 aliphatic heterocycles. The number of carboxylic acids is 1. The van der Waals surface area contributed by atoms with Crippen LogP contribution in [0.25, 0.3) is 5.69 Å². The second kappa shape index (κ2) is 5.18. The minimum atomic E-state index is -1.16. The average Bonchev–Trinajstić information content (AvgIpc) is 2.77. The molecule has 0 radical (unpaired) electrons. The van der Waals surface area contributed by atoms with Gasteiger partial charge in [-0.05, 0) is 34.1 Å². The Morgan fingerprint density at radius 3 is 2.60 bits per heavy atom. The van der Waals surface area contributed by atoms with E-state index in [0.29, 0.717) is 16.5 Å². The van der Waals surface area contributed by atoms with Gasteiger partial charge >= 0.3 is 5.97 Å². The summed E-state index contributed by atoms with van der Waals surface area (Å²) in [6.45, 7) is 5.83.